The van der Waals surface area contributed by atoms with Gasteiger partial charge in [-0.05, 0) is 12.1 Å². The van der Waals surface area contributed by atoms with Crippen LogP contribution in [0.2, 0.25) is 0 Å². The molecule has 120 valence electrons. The highest BCUT2D eigenvalue weighted by molar-refractivity contribution is 6.06. The predicted molar refractivity (Wildman–Crippen MR) is 89.8 cm³/mol. The molecule has 0 aliphatic heterocycles. The summed E-state index contributed by atoms with van der Waals surface area (Å²) < 4.78 is 10.1. The number of esters is 2. The van der Waals surface area contributed by atoms with Gasteiger partial charge in [-0.3, -0.25) is 4.79 Å². The minimum Gasteiger partial charge on any atom is -0.465 e. The Morgan fingerprint density at radius 3 is 2.42 bits per heavy atom. The number of carbonyl (C=O) groups is 2. The number of para-hydroxylation sites is 1. The molecule has 0 unspecified atom stereocenters. The molecule has 3 rings (SSSR count). The van der Waals surface area contributed by atoms with Crippen molar-refractivity contribution in [3.63, 3.8) is 0 Å². The molecule has 0 atom stereocenters. The van der Waals surface area contributed by atoms with Gasteiger partial charge in [-0.2, -0.15) is 0 Å². The van der Waals surface area contributed by atoms with E-state index in [2.05, 4.69) is 4.98 Å². The van der Waals surface area contributed by atoms with Crippen LogP contribution in [0, 0.1) is 0 Å². The van der Waals surface area contributed by atoms with Gasteiger partial charge in [-0.1, -0.05) is 42.5 Å². The smallest absolute Gasteiger partial charge is 0.338 e. The SMILES string of the molecule is COC(=O)c1cc(-c2ccccc2)nc2c(OC(C)=O)cccc12. The lowest BCUT2D eigenvalue weighted by molar-refractivity contribution is -0.131. The van der Waals surface area contributed by atoms with E-state index in [0.29, 0.717) is 27.9 Å². The van der Waals surface area contributed by atoms with E-state index >= 15 is 0 Å². The molecule has 24 heavy (non-hydrogen) atoms. The maximum atomic E-state index is 12.2. The van der Waals surface area contributed by atoms with E-state index in [0.717, 1.165) is 5.56 Å². The highest BCUT2D eigenvalue weighted by Gasteiger charge is 2.17. The first-order chi connectivity index (χ1) is 11.6. The zero-order chi connectivity index (χ0) is 17.1. The lowest BCUT2D eigenvalue weighted by Crippen LogP contribution is -2.06. The summed E-state index contributed by atoms with van der Waals surface area (Å²) in [5.74, 6) is -0.614. The van der Waals surface area contributed by atoms with Gasteiger partial charge in [0.05, 0.1) is 18.4 Å². The summed E-state index contributed by atoms with van der Waals surface area (Å²) in [5.41, 5.74) is 2.26. The number of hydrogen-bond donors (Lipinski definition) is 0. The Kier molecular flexibility index (Phi) is 4.24. The number of ether oxygens (including phenoxy) is 2. The van der Waals surface area contributed by atoms with Gasteiger partial charge >= 0.3 is 11.9 Å². The monoisotopic (exact) mass is 321 g/mol. The molecule has 0 aliphatic rings. The van der Waals surface area contributed by atoms with Crippen molar-refractivity contribution in [1.82, 2.24) is 4.98 Å². The number of methoxy groups -OCH3 is 1. The maximum Gasteiger partial charge on any atom is 0.338 e. The van der Waals surface area contributed by atoms with Crippen LogP contribution in [-0.2, 0) is 9.53 Å². The maximum absolute atomic E-state index is 12.2. The number of carbonyl (C=O) groups excluding carboxylic acids is 2. The molecular formula is C19H15NO4. The van der Waals surface area contributed by atoms with Crippen molar-refractivity contribution in [2.75, 3.05) is 7.11 Å². The minimum atomic E-state index is -0.473. The molecule has 2 aromatic carbocycles. The van der Waals surface area contributed by atoms with Gasteiger partial charge in [-0.15, -0.1) is 0 Å². The fourth-order valence-corrected chi connectivity index (χ4v) is 2.50. The van der Waals surface area contributed by atoms with E-state index in [9.17, 15) is 9.59 Å². The first-order valence-corrected chi connectivity index (χ1v) is 7.36. The Morgan fingerprint density at radius 2 is 1.75 bits per heavy atom. The molecule has 0 aliphatic carbocycles. The van der Waals surface area contributed by atoms with Gasteiger partial charge in [0.2, 0.25) is 0 Å². The van der Waals surface area contributed by atoms with Crippen molar-refractivity contribution in [2.24, 2.45) is 0 Å². The standard InChI is InChI=1S/C19H15NO4/c1-12(21)24-17-10-6-9-14-15(19(22)23-2)11-16(20-18(14)17)13-7-4-3-5-8-13/h3-11H,1-2H3. The molecular weight excluding hydrogens is 306 g/mol. The van der Waals surface area contributed by atoms with Crippen molar-refractivity contribution < 1.29 is 19.1 Å². The van der Waals surface area contributed by atoms with Crippen molar-refractivity contribution in [1.29, 1.82) is 0 Å². The number of nitrogens with zero attached hydrogens (tertiary/aromatic N) is 1. The van der Waals surface area contributed by atoms with E-state index in [1.54, 1.807) is 24.3 Å². The van der Waals surface area contributed by atoms with Crippen molar-refractivity contribution in [3.8, 4) is 17.0 Å². The fourth-order valence-electron chi connectivity index (χ4n) is 2.50. The van der Waals surface area contributed by atoms with Crippen LogP contribution in [0.4, 0.5) is 0 Å². The summed E-state index contributed by atoms with van der Waals surface area (Å²) in [6, 6.07) is 16.2. The van der Waals surface area contributed by atoms with Crippen LogP contribution < -0.4 is 4.74 Å². The Labute approximate surface area is 138 Å². The van der Waals surface area contributed by atoms with Crippen LogP contribution >= 0.6 is 0 Å². The Morgan fingerprint density at radius 1 is 1.00 bits per heavy atom. The summed E-state index contributed by atoms with van der Waals surface area (Å²) >= 11 is 0. The molecule has 0 spiro atoms. The molecule has 0 fully saturated rings. The molecule has 5 heteroatoms. The van der Waals surface area contributed by atoms with E-state index in [1.165, 1.54) is 14.0 Å². The van der Waals surface area contributed by atoms with Crippen molar-refractivity contribution in [3.05, 3.63) is 60.2 Å². The predicted octanol–water partition coefficient (Wildman–Crippen LogP) is 3.61. The van der Waals surface area contributed by atoms with Gasteiger partial charge in [0.15, 0.2) is 5.75 Å². The average molecular weight is 321 g/mol. The highest BCUT2D eigenvalue weighted by Crippen LogP contribution is 2.31. The van der Waals surface area contributed by atoms with E-state index in [1.807, 2.05) is 30.3 Å². The molecule has 0 saturated heterocycles. The molecule has 1 aromatic heterocycles. The molecule has 1 heterocycles. The first-order valence-electron chi connectivity index (χ1n) is 7.36. The Balaban J connectivity index is 2.31. The third-order valence-corrected chi connectivity index (χ3v) is 3.53. The fraction of sp³-hybridized carbons (Fsp3) is 0.105. The van der Waals surface area contributed by atoms with Gasteiger partial charge in [0.1, 0.15) is 5.52 Å². The second-order valence-electron chi connectivity index (χ2n) is 5.16. The summed E-state index contributed by atoms with van der Waals surface area (Å²) in [6.07, 6.45) is 0. The van der Waals surface area contributed by atoms with Gasteiger partial charge in [0.25, 0.3) is 0 Å². The molecule has 0 radical (unpaired) electrons. The molecule has 0 amide bonds. The largest absolute Gasteiger partial charge is 0.465 e. The Hall–Kier alpha value is -3.21. The van der Waals surface area contributed by atoms with Gasteiger partial charge < -0.3 is 9.47 Å². The quantitative estimate of drug-likeness (QED) is 0.544. The van der Waals surface area contributed by atoms with Crippen LogP contribution in [0.3, 0.4) is 0 Å². The third-order valence-electron chi connectivity index (χ3n) is 3.53. The number of benzene rings is 2. The first kappa shape index (κ1) is 15.7. The highest BCUT2D eigenvalue weighted by atomic mass is 16.5. The topological polar surface area (TPSA) is 65.5 Å². The van der Waals surface area contributed by atoms with Crippen LogP contribution in [0.1, 0.15) is 17.3 Å². The van der Waals surface area contributed by atoms with Gasteiger partial charge in [-0.25, -0.2) is 9.78 Å². The van der Waals surface area contributed by atoms with Crippen LogP contribution in [0.5, 0.6) is 5.75 Å². The molecule has 0 saturated carbocycles. The minimum absolute atomic E-state index is 0.308. The molecule has 0 N–H and O–H groups in total. The zero-order valence-corrected chi connectivity index (χ0v) is 13.3. The van der Waals surface area contributed by atoms with Crippen molar-refractivity contribution >= 4 is 22.8 Å². The van der Waals surface area contributed by atoms with E-state index in [-0.39, 0.29) is 0 Å². The number of pyridine rings is 1. The van der Waals surface area contributed by atoms with Crippen LogP contribution in [0.15, 0.2) is 54.6 Å². The normalized spacial score (nSPS) is 10.4. The lowest BCUT2D eigenvalue weighted by atomic mass is 10.0. The number of aromatic nitrogens is 1. The number of rotatable bonds is 3. The average Bonchev–Trinajstić information content (AvgIpc) is 2.61. The number of hydrogen-bond acceptors (Lipinski definition) is 5. The van der Waals surface area contributed by atoms with Gasteiger partial charge in [0, 0.05) is 17.9 Å². The molecule has 5 nitrogen and oxygen atoms in total. The van der Waals surface area contributed by atoms with Crippen LogP contribution in [-0.4, -0.2) is 24.0 Å². The summed E-state index contributed by atoms with van der Waals surface area (Å²) in [5, 5.41) is 0.570. The summed E-state index contributed by atoms with van der Waals surface area (Å²) in [4.78, 5) is 28.1. The molecule has 0 bridgehead atoms. The summed E-state index contributed by atoms with van der Waals surface area (Å²) in [6.45, 7) is 1.32. The lowest BCUT2D eigenvalue weighted by Gasteiger charge is -2.11. The Bertz CT molecular complexity index is 919. The third kappa shape index (κ3) is 2.96. The molecule has 3 aromatic rings. The summed E-state index contributed by atoms with van der Waals surface area (Å²) in [7, 11) is 1.33. The second kappa shape index (κ2) is 6.50. The van der Waals surface area contributed by atoms with E-state index in [4.69, 9.17) is 9.47 Å². The number of fused-ring (bicyclic) bond motifs is 1. The van der Waals surface area contributed by atoms with Crippen molar-refractivity contribution in [2.45, 2.75) is 6.92 Å². The van der Waals surface area contributed by atoms with E-state index < -0.39 is 11.9 Å². The van der Waals surface area contributed by atoms with Crippen LogP contribution in [0.25, 0.3) is 22.2 Å². The second-order valence-corrected chi connectivity index (χ2v) is 5.16. The zero-order valence-electron chi connectivity index (χ0n) is 13.3.